The fraction of sp³-hybridized carbons (Fsp3) is 0.111. The zero-order valence-electron chi connectivity index (χ0n) is 8.34. The fourth-order valence-electron chi connectivity index (χ4n) is 1.23. The Labute approximate surface area is 108 Å². The topological polar surface area (TPSA) is 85.1 Å². The number of nitrogens with zero attached hydrogens (tertiary/aromatic N) is 2. The number of nitro benzene ring substituents is 1. The first-order chi connectivity index (χ1) is 8.10. The average molecular weight is 316 g/mol. The number of hydrogen-bond donors (Lipinski definition) is 1. The van der Waals surface area contributed by atoms with Gasteiger partial charge in [0, 0.05) is 12.1 Å². The van der Waals surface area contributed by atoms with Gasteiger partial charge in [0.25, 0.3) is 5.69 Å². The highest BCUT2D eigenvalue weighted by Gasteiger charge is 2.11. The molecule has 0 aliphatic heterocycles. The van der Waals surface area contributed by atoms with Gasteiger partial charge >= 0.3 is 0 Å². The second-order valence-electron chi connectivity index (χ2n) is 3.11. The number of halogens is 1. The van der Waals surface area contributed by atoms with Crippen LogP contribution < -0.4 is 5.32 Å². The van der Waals surface area contributed by atoms with Gasteiger partial charge < -0.3 is 5.32 Å². The second-order valence-corrected chi connectivity index (χ2v) is 4.70. The Hall–Kier alpha value is -1.54. The van der Waals surface area contributed by atoms with Crippen molar-refractivity contribution in [3.05, 3.63) is 28.3 Å². The summed E-state index contributed by atoms with van der Waals surface area (Å²) in [6.07, 6.45) is 0. The van der Waals surface area contributed by atoms with Crippen LogP contribution in [0.2, 0.25) is 0 Å². The Morgan fingerprint density at radius 2 is 2.35 bits per heavy atom. The SMILES string of the molecule is O=C(CBr)Nc1nc2ccc([N+](=O)[O-])cc2s1. The Balaban J connectivity index is 2.37. The number of fused-ring (bicyclic) bond motifs is 1. The van der Waals surface area contributed by atoms with E-state index in [1.54, 1.807) is 6.07 Å². The molecule has 0 aliphatic rings. The van der Waals surface area contributed by atoms with Crippen molar-refractivity contribution in [3.8, 4) is 0 Å². The van der Waals surface area contributed by atoms with E-state index in [1.165, 1.54) is 23.5 Å². The minimum absolute atomic E-state index is 0.0134. The van der Waals surface area contributed by atoms with Crippen LogP contribution in [0.1, 0.15) is 0 Å². The normalized spacial score (nSPS) is 10.4. The number of thiazole rings is 1. The second kappa shape index (κ2) is 4.76. The van der Waals surface area contributed by atoms with E-state index in [-0.39, 0.29) is 16.9 Å². The molecule has 0 radical (unpaired) electrons. The fourth-order valence-corrected chi connectivity index (χ4v) is 2.29. The van der Waals surface area contributed by atoms with E-state index in [4.69, 9.17) is 0 Å². The Bertz CT molecular complexity index is 598. The number of amides is 1. The molecule has 8 heteroatoms. The molecule has 0 unspecified atom stereocenters. The monoisotopic (exact) mass is 315 g/mol. The van der Waals surface area contributed by atoms with Crippen LogP contribution in [0.3, 0.4) is 0 Å². The summed E-state index contributed by atoms with van der Waals surface area (Å²) in [5, 5.41) is 13.8. The van der Waals surface area contributed by atoms with Gasteiger partial charge in [0.05, 0.1) is 20.5 Å². The van der Waals surface area contributed by atoms with Gasteiger partial charge in [-0.05, 0) is 6.07 Å². The number of rotatable bonds is 3. The molecule has 1 aromatic carbocycles. The van der Waals surface area contributed by atoms with E-state index in [0.717, 1.165) is 0 Å². The molecule has 17 heavy (non-hydrogen) atoms. The van der Waals surface area contributed by atoms with Crippen molar-refractivity contribution < 1.29 is 9.72 Å². The molecule has 1 aromatic heterocycles. The number of nitro groups is 1. The van der Waals surface area contributed by atoms with Gasteiger partial charge in [0.15, 0.2) is 5.13 Å². The number of non-ortho nitro benzene ring substituents is 1. The first-order valence-corrected chi connectivity index (χ1v) is 6.45. The third kappa shape index (κ3) is 2.59. The smallest absolute Gasteiger partial charge is 0.270 e. The highest BCUT2D eigenvalue weighted by molar-refractivity contribution is 9.09. The van der Waals surface area contributed by atoms with Crippen LogP contribution in [0.15, 0.2) is 18.2 Å². The summed E-state index contributed by atoms with van der Waals surface area (Å²) in [6, 6.07) is 4.39. The number of nitrogens with one attached hydrogen (secondary N) is 1. The third-order valence-electron chi connectivity index (χ3n) is 1.95. The standard InChI is InChI=1S/C9H6BrN3O3S/c10-4-8(14)12-9-11-6-2-1-5(13(15)16)3-7(6)17-9/h1-3H,4H2,(H,11,12,14). The van der Waals surface area contributed by atoms with Crippen LogP contribution >= 0.6 is 27.3 Å². The third-order valence-corrected chi connectivity index (χ3v) is 3.39. The van der Waals surface area contributed by atoms with Gasteiger partial charge in [-0.2, -0.15) is 0 Å². The van der Waals surface area contributed by atoms with E-state index in [2.05, 4.69) is 26.2 Å². The van der Waals surface area contributed by atoms with E-state index in [0.29, 0.717) is 15.3 Å². The minimum Gasteiger partial charge on any atom is -0.301 e. The number of carbonyl (C=O) groups excluding carboxylic acids is 1. The molecule has 0 atom stereocenters. The summed E-state index contributed by atoms with van der Waals surface area (Å²) in [4.78, 5) is 25.4. The van der Waals surface area contributed by atoms with Crippen molar-refractivity contribution in [1.29, 1.82) is 0 Å². The van der Waals surface area contributed by atoms with Crippen LogP contribution in [0, 0.1) is 10.1 Å². The summed E-state index contributed by atoms with van der Waals surface area (Å²) in [5.41, 5.74) is 0.644. The molecular formula is C9H6BrN3O3S. The predicted molar refractivity (Wildman–Crippen MR) is 68.7 cm³/mol. The number of carbonyl (C=O) groups is 1. The van der Waals surface area contributed by atoms with E-state index in [1.807, 2.05) is 0 Å². The van der Waals surface area contributed by atoms with Crippen molar-refractivity contribution in [1.82, 2.24) is 4.98 Å². The lowest BCUT2D eigenvalue weighted by molar-refractivity contribution is -0.384. The molecule has 0 saturated heterocycles. The average Bonchev–Trinajstić information content (AvgIpc) is 2.69. The van der Waals surface area contributed by atoms with Gasteiger partial charge in [-0.25, -0.2) is 4.98 Å². The summed E-state index contributed by atoms with van der Waals surface area (Å²) in [5.74, 6) is -0.210. The molecule has 0 spiro atoms. The van der Waals surface area contributed by atoms with Gasteiger partial charge in [-0.3, -0.25) is 14.9 Å². The molecule has 0 bridgehead atoms. The van der Waals surface area contributed by atoms with Crippen LogP contribution in [-0.4, -0.2) is 21.1 Å². The molecular weight excluding hydrogens is 310 g/mol. The lowest BCUT2D eigenvalue weighted by atomic mass is 10.3. The Morgan fingerprint density at radius 3 is 3.00 bits per heavy atom. The first-order valence-electron chi connectivity index (χ1n) is 4.51. The molecule has 2 rings (SSSR count). The number of hydrogen-bond acceptors (Lipinski definition) is 5. The van der Waals surface area contributed by atoms with Crippen LogP contribution in [-0.2, 0) is 4.79 Å². The summed E-state index contributed by atoms with van der Waals surface area (Å²) >= 11 is 4.23. The summed E-state index contributed by atoms with van der Waals surface area (Å²) in [6.45, 7) is 0. The highest BCUT2D eigenvalue weighted by atomic mass is 79.9. The van der Waals surface area contributed by atoms with Gasteiger partial charge in [0.2, 0.25) is 5.91 Å². The molecule has 0 fully saturated rings. The maximum absolute atomic E-state index is 11.1. The quantitative estimate of drug-likeness (QED) is 0.536. The van der Waals surface area contributed by atoms with E-state index in [9.17, 15) is 14.9 Å². The number of aromatic nitrogens is 1. The van der Waals surface area contributed by atoms with Crippen molar-refractivity contribution >= 4 is 54.2 Å². The van der Waals surface area contributed by atoms with Crippen LogP contribution in [0.5, 0.6) is 0 Å². The van der Waals surface area contributed by atoms with Crippen molar-refractivity contribution in [2.45, 2.75) is 0 Å². The minimum atomic E-state index is -0.462. The maximum atomic E-state index is 11.1. The molecule has 0 aliphatic carbocycles. The molecule has 0 saturated carbocycles. The summed E-state index contributed by atoms with van der Waals surface area (Å²) in [7, 11) is 0. The highest BCUT2D eigenvalue weighted by Crippen LogP contribution is 2.29. The number of benzene rings is 1. The number of anilines is 1. The van der Waals surface area contributed by atoms with E-state index >= 15 is 0 Å². The van der Waals surface area contributed by atoms with Gasteiger partial charge in [-0.15, -0.1) is 0 Å². The largest absolute Gasteiger partial charge is 0.301 e. The zero-order chi connectivity index (χ0) is 12.4. The van der Waals surface area contributed by atoms with Crippen molar-refractivity contribution in [3.63, 3.8) is 0 Å². The van der Waals surface area contributed by atoms with Crippen LogP contribution in [0.25, 0.3) is 10.2 Å². The first kappa shape index (κ1) is 11.9. The van der Waals surface area contributed by atoms with Crippen molar-refractivity contribution in [2.75, 3.05) is 10.6 Å². The van der Waals surface area contributed by atoms with Crippen molar-refractivity contribution in [2.24, 2.45) is 0 Å². The molecule has 2 aromatic rings. The van der Waals surface area contributed by atoms with Gasteiger partial charge in [-0.1, -0.05) is 27.3 Å². The lowest BCUT2D eigenvalue weighted by Gasteiger charge is -1.94. The van der Waals surface area contributed by atoms with Crippen LogP contribution in [0.4, 0.5) is 10.8 Å². The lowest BCUT2D eigenvalue weighted by Crippen LogP contribution is -2.11. The Morgan fingerprint density at radius 1 is 1.59 bits per heavy atom. The Kier molecular flexibility index (Phi) is 3.34. The summed E-state index contributed by atoms with van der Waals surface area (Å²) < 4.78 is 0.670. The maximum Gasteiger partial charge on any atom is 0.270 e. The molecule has 1 amide bonds. The van der Waals surface area contributed by atoms with E-state index < -0.39 is 4.92 Å². The predicted octanol–water partition coefficient (Wildman–Crippen LogP) is 2.54. The molecule has 1 heterocycles. The zero-order valence-corrected chi connectivity index (χ0v) is 10.7. The molecule has 88 valence electrons. The number of alkyl halides is 1. The van der Waals surface area contributed by atoms with Gasteiger partial charge in [0.1, 0.15) is 0 Å². The molecule has 6 nitrogen and oxygen atoms in total. The molecule has 1 N–H and O–H groups in total.